The van der Waals surface area contributed by atoms with E-state index in [-0.39, 0.29) is 6.09 Å². The van der Waals surface area contributed by atoms with Gasteiger partial charge in [-0.05, 0) is 36.8 Å². The number of hydrogen-bond donors (Lipinski definition) is 1. The van der Waals surface area contributed by atoms with E-state index in [2.05, 4.69) is 5.32 Å². The molecule has 20 heavy (non-hydrogen) atoms. The molecule has 102 valence electrons. The number of para-hydroxylation sites is 2. The lowest BCUT2D eigenvalue weighted by Crippen LogP contribution is -2.40. The van der Waals surface area contributed by atoms with Crippen molar-refractivity contribution in [2.24, 2.45) is 0 Å². The second-order valence-electron chi connectivity index (χ2n) is 4.78. The van der Waals surface area contributed by atoms with E-state index in [0.29, 0.717) is 12.3 Å². The Hall–Kier alpha value is -2.49. The SMILES string of the molecule is Cc1cccc(OC(=O)N2CCNc3ccccc32)c1. The number of hydrogen-bond acceptors (Lipinski definition) is 3. The average Bonchev–Trinajstić information content (AvgIpc) is 2.46. The summed E-state index contributed by atoms with van der Waals surface area (Å²) in [5, 5.41) is 3.27. The van der Waals surface area contributed by atoms with Gasteiger partial charge < -0.3 is 10.1 Å². The molecule has 2 aromatic rings. The number of nitrogens with zero attached hydrogens (tertiary/aromatic N) is 1. The molecule has 2 aromatic carbocycles. The van der Waals surface area contributed by atoms with E-state index in [1.165, 1.54) is 0 Å². The predicted octanol–water partition coefficient (Wildman–Crippen LogP) is 3.43. The molecule has 0 aromatic heterocycles. The van der Waals surface area contributed by atoms with E-state index in [9.17, 15) is 4.79 Å². The van der Waals surface area contributed by atoms with Crippen LogP contribution in [0.5, 0.6) is 5.75 Å². The highest BCUT2D eigenvalue weighted by atomic mass is 16.6. The summed E-state index contributed by atoms with van der Waals surface area (Å²) in [7, 11) is 0. The molecule has 3 rings (SSSR count). The number of carbonyl (C=O) groups excluding carboxylic acids is 1. The maximum atomic E-state index is 12.3. The molecule has 4 heteroatoms. The average molecular weight is 268 g/mol. The predicted molar refractivity (Wildman–Crippen MR) is 79.5 cm³/mol. The first kappa shape index (κ1) is 12.5. The van der Waals surface area contributed by atoms with Crippen molar-refractivity contribution < 1.29 is 9.53 Å². The van der Waals surface area contributed by atoms with E-state index in [4.69, 9.17) is 4.74 Å². The largest absolute Gasteiger partial charge is 0.419 e. The fourth-order valence-electron chi connectivity index (χ4n) is 2.31. The lowest BCUT2D eigenvalue weighted by Gasteiger charge is -2.29. The van der Waals surface area contributed by atoms with E-state index < -0.39 is 0 Å². The Morgan fingerprint density at radius 2 is 2.05 bits per heavy atom. The van der Waals surface area contributed by atoms with Gasteiger partial charge in [0.2, 0.25) is 0 Å². The van der Waals surface area contributed by atoms with E-state index in [1.54, 1.807) is 11.0 Å². The smallest absolute Gasteiger partial charge is 0.410 e. The number of ether oxygens (including phenoxy) is 1. The molecule has 0 saturated carbocycles. The number of amides is 1. The zero-order valence-electron chi connectivity index (χ0n) is 11.3. The first-order chi connectivity index (χ1) is 9.74. The zero-order chi connectivity index (χ0) is 13.9. The molecule has 1 heterocycles. The Morgan fingerprint density at radius 1 is 1.20 bits per heavy atom. The van der Waals surface area contributed by atoms with Crippen LogP contribution in [-0.2, 0) is 0 Å². The third-order valence-electron chi connectivity index (χ3n) is 3.26. The van der Waals surface area contributed by atoms with Crippen LogP contribution in [0.15, 0.2) is 48.5 Å². The van der Waals surface area contributed by atoms with Gasteiger partial charge in [0.05, 0.1) is 11.4 Å². The van der Waals surface area contributed by atoms with Crippen LogP contribution in [0.4, 0.5) is 16.2 Å². The van der Waals surface area contributed by atoms with Gasteiger partial charge in [-0.15, -0.1) is 0 Å². The minimum atomic E-state index is -0.343. The summed E-state index contributed by atoms with van der Waals surface area (Å²) in [5.41, 5.74) is 2.88. The van der Waals surface area contributed by atoms with Gasteiger partial charge in [-0.2, -0.15) is 0 Å². The maximum Gasteiger partial charge on any atom is 0.419 e. The molecule has 0 bridgehead atoms. The van der Waals surface area contributed by atoms with E-state index in [1.807, 2.05) is 49.4 Å². The molecule has 0 saturated heterocycles. The summed E-state index contributed by atoms with van der Waals surface area (Å²) in [6.45, 7) is 3.29. The summed E-state index contributed by atoms with van der Waals surface area (Å²) in [6, 6.07) is 15.2. The van der Waals surface area contributed by atoms with Crippen molar-refractivity contribution in [3.8, 4) is 5.75 Å². The first-order valence-corrected chi connectivity index (χ1v) is 6.63. The van der Waals surface area contributed by atoms with Gasteiger partial charge >= 0.3 is 6.09 Å². The van der Waals surface area contributed by atoms with Crippen LogP contribution < -0.4 is 15.0 Å². The van der Waals surface area contributed by atoms with Crippen LogP contribution in [0.2, 0.25) is 0 Å². The molecule has 1 N–H and O–H groups in total. The zero-order valence-corrected chi connectivity index (χ0v) is 11.3. The summed E-state index contributed by atoms with van der Waals surface area (Å²) in [5.74, 6) is 0.575. The number of carbonyl (C=O) groups is 1. The second kappa shape index (κ2) is 5.25. The Labute approximate surface area is 118 Å². The van der Waals surface area contributed by atoms with Crippen molar-refractivity contribution >= 4 is 17.5 Å². The molecule has 1 amide bonds. The number of benzene rings is 2. The lowest BCUT2D eigenvalue weighted by atomic mass is 10.2. The minimum Gasteiger partial charge on any atom is -0.410 e. The molecule has 0 atom stereocenters. The van der Waals surface area contributed by atoms with Gasteiger partial charge in [0.15, 0.2) is 0 Å². The van der Waals surface area contributed by atoms with Gasteiger partial charge in [0.25, 0.3) is 0 Å². The van der Waals surface area contributed by atoms with Gasteiger partial charge in [0.1, 0.15) is 5.75 Å². The Kier molecular flexibility index (Phi) is 3.29. The molecule has 0 spiro atoms. The van der Waals surface area contributed by atoms with Gasteiger partial charge in [-0.1, -0.05) is 24.3 Å². The fourth-order valence-corrected chi connectivity index (χ4v) is 2.31. The lowest BCUT2D eigenvalue weighted by molar-refractivity contribution is 0.207. The van der Waals surface area contributed by atoms with Gasteiger partial charge in [-0.25, -0.2) is 4.79 Å². The fraction of sp³-hybridized carbons (Fsp3) is 0.188. The quantitative estimate of drug-likeness (QED) is 0.861. The number of nitrogens with one attached hydrogen (secondary N) is 1. The molecular formula is C16H16N2O2. The Bertz CT molecular complexity index is 640. The van der Waals surface area contributed by atoms with E-state index in [0.717, 1.165) is 23.5 Å². The van der Waals surface area contributed by atoms with Crippen molar-refractivity contribution in [3.63, 3.8) is 0 Å². The summed E-state index contributed by atoms with van der Waals surface area (Å²) in [6.07, 6.45) is -0.343. The van der Waals surface area contributed by atoms with Gasteiger partial charge in [-0.3, -0.25) is 4.90 Å². The van der Waals surface area contributed by atoms with Crippen LogP contribution >= 0.6 is 0 Å². The number of fused-ring (bicyclic) bond motifs is 1. The third-order valence-corrected chi connectivity index (χ3v) is 3.26. The maximum absolute atomic E-state index is 12.3. The molecule has 0 unspecified atom stereocenters. The van der Waals surface area contributed by atoms with Crippen LogP contribution in [0.3, 0.4) is 0 Å². The third kappa shape index (κ3) is 2.45. The molecular weight excluding hydrogens is 252 g/mol. The molecule has 1 aliphatic rings. The Morgan fingerprint density at radius 3 is 2.90 bits per heavy atom. The molecule has 0 radical (unpaired) electrons. The highest BCUT2D eigenvalue weighted by molar-refractivity contribution is 5.94. The van der Waals surface area contributed by atoms with Crippen molar-refractivity contribution in [2.45, 2.75) is 6.92 Å². The molecule has 0 aliphatic carbocycles. The van der Waals surface area contributed by atoms with E-state index >= 15 is 0 Å². The molecule has 0 fully saturated rings. The summed E-state index contributed by atoms with van der Waals surface area (Å²) >= 11 is 0. The van der Waals surface area contributed by atoms with Crippen molar-refractivity contribution in [1.82, 2.24) is 0 Å². The summed E-state index contributed by atoms with van der Waals surface area (Å²) < 4.78 is 5.45. The second-order valence-corrected chi connectivity index (χ2v) is 4.78. The number of anilines is 2. The Balaban J connectivity index is 1.82. The normalized spacial score (nSPS) is 13.3. The van der Waals surface area contributed by atoms with Crippen LogP contribution in [0, 0.1) is 6.92 Å². The highest BCUT2D eigenvalue weighted by Crippen LogP contribution is 2.29. The monoisotopic (exact) mass is 268 g/mol. The van der Waals surface area contributed by atoms with Crippen molar-refractivity contribution in [1.29, 1.82) is 0 Å². The topological polar surface area (TPSA) is 41.6 Å². The summed E-state index contributed by atoms with van der Waals surface area (Å²) in [4.78, 5) is 14.0. The van der Waals surface area contributed by atoms with Crippen LogP contribution in [-0.4, -0.2) is 19.2 Å². The molecule has 4 nitrogen and oxygen atoms in total. The standard InChI is InChI=1S/C16H16N2O2/c1-12-5-4-6-13(11-12)20-16(19)18-10-9-17-14-7-2-3-8-15(14)18/h2-8,11,17H,9-10H2,1H3. The highest BCUT2D eigenvalue weighted by Gasteiger charge is 2.23. The molecule has 1 aliphatic heterocycles. The van der Waals surface area contributed by atoms with Crippen molar-refractivity contribution in [2.75, 3.05) is 23.3 Å². The van der Waals surface area contributed by atoms with Crippen LogP contribution in [0.1, 0.15) is 5.56 Å². The van der Waals surface area contributed by atoms with Crippen LogP contribution in [0.25, 0.3) is 0 Å². The number of rotatable bonds is 1. The van der Waals surface area contributed by atoms with Crippen molar-refractivity contribution in [3.05, 3.63) is 54.1 Å². The minimum absolute atomic E-state index is 0.343. The first-order valence-electron chi connectivity index (χ1n) is 6.63. The van der Waals surface area contributed by atoms with Gasteiger partial charge in [0, 0.05) is 13.1 Å². The number of aryl methyl sites for hydroxylation is 1.